The molecule has 0 N–H and O–H groups in total. The van der Waals surface area contributed by atoms with E-state index in [0.717, 1.165) is 4.48 Å². The fourth-order valence-electron chi connectivity index (χ4n) is 1.42. The molecule has 1 aromatic carbocycles. The van der Waals surface area contributed by atoms with E-state index < -0.39 is 4.45 Å². The Morgan fingerprint density at radius 2 is 1.88 bits per heavy atom. The lowest BCUT2D eigenvalue weighted by atomic mass is 10.0. The highest BCUT2D eigenvalue weighted by Gasteiger charge is 2.38. The number of hydrogen-bond donors (Lipinski definition) is 0. The van der Waals surface area contributed by atoms with E-state index in [4.69, 9.17) is 0 Å². The fraction of sp³-hybridized carbons (Fsp3) is 0.182. The van der Waals surface area contributed by atoms with Crippen LogP contribution in [0, 0.1) is 0 Å². The van der Waals surface area contributed by atoms with Gasteiger partial charge in [0.2, 0.25) is 0 Å². The summed E-state index contributed by atoms with van der Waals surface area (Å²) < 4.78 is 0.559. The first-order valence-electron chi connectivity index (χ1n) is 4.79. The van der Waals surface area contributed by atoms with Gasteiger partial charge < -0.3 is 0 Å². The predicted octanol–water partition coefficient (Wildman–Crippen LogP) is 4.78. The molecule has 0 radical (unpaired) electrons. The van der Waals surface area contributed by atoms with Crippen LogP contribution in [0.4, 0.5) is 0 Å². The number of nitrogens with zero attached hydrogens (tertiary/aromatic N) is 2. The summed E-state index contributed by atoms with van der Waals surface area (Å²) in [6, 6.07) is 9.13. The highest BCUT2D eigenvalue weighted by atomic mass is 79.9. The third-order valence-corrected chi connectivity index (χ3v) is 5.79. The molecular weight excluding hydrogens is 416 g/mol. The molecule has 88 valence electrons. The zero-order valence-electron chi connectivity index (χ0n) is 8.53. The molecule has 0 saturated carbocycles. The van der Waals surface area contributed by atoms with Crippen LogP contribution < -0.4 is 0 Å². The number of halogens is 3. The van der Waals surface area contributed by atoms with E-state index in [-0.39, 0.29) is 12.2 Å². The van der Waals surface area contributed by atoms with E-state index in [1.54, 1.807) is 12.1 Å². The topological polar surface area (TPSA) is 41.8 Å². The van der Waals surface area contributed by atoms with Crippen LogP contribution in [0.5, 0.6) is 0 Å². The molecule has 1 unspecified atom stereocenters. The van der Waals surface area contributed by atoms with Crippen LogP contribution >= 0.6 is 47.8 Å². The standard InChI is InChI=1S/C11H7Br3N2O/c12-9-10(13)15-16-11(9,14)6-8(17)7-4-2-1-3-5-7/h1-5H,6H2. The molecule has 0 amide bonds. The Bertz CT molecular complexity index is 513. The molecule has 1 atom stereocenters. The second-order valence-electron chi connectivity index (χ2n) is 3.53. The lowest BCUT2D eigenvalue weighted by molar-refractivity contribution is 0.0976. The lowest BCUT2D eigenvalue weighted by Crippen LogP contribution is -2.20. The quantitative estimate of drug-likeness (QED) is 0.393. The largest absolute Gasteiger partial charge is 0.294 e. The molecular formula is C11H7Br3N2O. The van der Waals surface area contributed by atoms with Crippen molar-refractivity contribution in [3.63, 3.8) is 0 Å². The number of alkyl halides is 1. The summed E-state index contributed by atoms with van der Waals surface area (Å²) in [5, 5.41) is 7.94. The minimum atomic E-state index is -0.779. The maximum Gasteiger partial charge on any atom is 0.177 e. The van der Waals surface area contributed by atoms with Crippen molar-refractivity contribution in [2.24, 2.45) is 10.2 Å². The Balaban J connectivity index is 2.19. The van der Waals surface area contributed by atoms with E-state index >= 15 is 0 Å². The first kappa shape index (κ1) is 13.1. The number of carbonyl (C=O) groups excluding carboxylic acids is 1. The van der Waals surface area contributed by atoms with Gasteiger partial charge in [-0.2, -0.15) is 5.11 Å². The van der Waals surface area contributed by atoms with E-state index in [1.807, 2.05) is 18.2 Å². The van der Waals surface area contributed by atoms with Gasteiger partial charge in [-0.3, -0.25) is 4.79 Å². The Labute approximate surface area is 124 Å². The molecule has 0 spiro atoms. The zero-order chi connectivity index (χ0) is 12.5. The third kappa shape index (κ3) is 2.74. The normalized spacial score (nSPS) is 23.2. The summed E-state index contributed by atoms with van der Waals surface area (Å²) in [5.74, 6) is 0.0144. The van der Waals surface area contributed by atoms with Crippen molar-refractivity contribution in [2.75, 3.05) is 0 Å². The molecule has 2 rings (SSSR count). The summed E-state index contributed by atoms with van der Waals surface area (Å²) in [7, 11) is 0. The molecule has 0 bridgehead atoms. The van der Waals surface area contributed by atoms with Crippen molar-refractivity contribution in [1.29, 1.82) is 0 Å². The molecule has 3 nitrogen and oxygen atoms in total. The van der Waals surface area contributed by atoms with E-state index in [0.29, 0.717) is 10.2 Å². The van der Waals surface area contributed by atoms with Crippen LogP contribution in [-0.4, -0.2) is 10.2 Å². The average molecular weight is 423 g/mol. The number of hydrogen-bond acceptors (Lipinski definition) is 3. The third-order valence-electron chi connectivity index (χ3n) is 2.30. The molecule has 1 heterocycles. The van der Waals surface area contributed by atoms with Crippen molar-refractivity contribution in [2.45, 2.75) is 10.9 Å². The molecule has 1 aliphatic rings. The van der Waals surface area contributed by atoms with Gasteiger partial charge in [0.1, 0.15) is 4.61 Å². The molecule has 1 aliphatic heterocycles. The van der Waals surface area contributed by atoms with Crippen molar-refractivity contribution in [1.82, 2.24) is 0 Å². The van der Waals surface area contributed by atoms with Crippen molar-refractivity contribution >= 4 is 53.6 Å². The molecule has 0 saturated heterocycles. The Hall–Kier alpha value is -0.330. The van der Waals surface area contributed by atoms with Crippen LogP contribution in [-0.2, 0) is 0 Å². The van der Waals surface area contributed by atoms with Gasteiger partial charge in [0.05, 0.1) is 10.9 Å². The Kier molecular flexibility index (Phi) is 3.95. The number of carbonyl (C=O) groups is 1. The minimum absolute atomic E-state index is 0.0144. The summed E-state index contributed by atoms with van der Waals surface area (Å²) in [5.41, 5.74) is 0.671. The number of azo groups is 1. The highest BCUT2D eigenvalue weighted by Crippen LogP contribution is 2.46. The lowest BCUT2D eigenvalue weighted by Gasteiger charge is -2.16. The van der Waals surface area contributed by atoms with Crippen LogP contribution in [0.2, 0.25) is 0 Å². The highest BCUT2D eigenvalue weighted by molar-refractivity contribution is 9.15. The van der Waals surface area contributed by atoms with Crippen LogP contribution in [0.25, 0.3) is 0 Å². The van der Waals surface area contributed by atoms with Crippen LogP contribution in [0.3, 0.4) is 0 Å². The molecule has 0 aliphatic carbocycles. The molecule has 0 aromatic heterocycles. The first-order chi connectivity index (χ1) is 8.03. The molecule has 17 heavy (non-hydrogen) atoms. The number of benzene rings is 1. The average Bonchev–Trinajstić information content (AvgIpc) is 2.59. The smallest absolute Gasteiger partial charge is 0.177 e. The van der Waals surface area contributed by atoms with E-state index in [1.165, 1.54) is 0 Å². The zero-order valence-corrected chi connectivity index (χ0v) is 13.3. The summed E-state index contributed by atoms with van der Waals surface area (Å²) in [6.07, 6.45) is 0.218. The fourth-order valence-corrected chi connectivity index (χ4v) is 2.91. The van der Waals surface area contributed by atoms with Gasteiger partial charge in [-0.05, 0) is 31.9 Å². The number of rotatable bonds is 3. The van der Waals surface area contributed by atoms with Crippen molar-refractivity contribution in [3.8, 4) is 0 Å². The van der Waals surface area contributed by atoms with E-state index in [2.05, 4.69) is 58.0 Å². The number of Topliss-reactive ketones (excluding diaryl/α,β-unsaturated/α-hetero) is 1. The van der Waals surface area contributed by atoms with Gasteiger partial charge in [0, 0.05) is 5.56 Å². The Morgan fingerprint density at radius 1 is 1.24 bits per heavy atom. The first-order valence-corrected chi connectivity index (χ1v) is 7.17. The van der Waals surface area contributed by atoms with Crippen molar-refractivity contribution in [3.05, 3.63) is 45.0 Å². The van der Waals surface area contributed by atoms with Crippen molar-refractivity contribution < 1.29 is 4.79 Å². The number of ketones is 1. The molecule has 6 heteroatoms. The predicted molar refractivity (Wildman–Crippen MR) is 76.8 cm³/mol. The Morgan fingerprint density at radius 3 is 2.41 bits per heavy atom. The maximum atomic E-state index is 12.1. The molecule has 0 fully saturated rings. The minimum Gasteiger partial charge on any atom is -0.294 e. The summed E-state index contributed by atoms with van der Waals surface area (Å²) in [6.45, 7) is 0. The van der Waals surface area contributed by atoms with Crippen LogP contribution in [0.15, 0.2) is 49.6 Å². The second-order valence-corrected chi connectivity index (χ2v) is 6.39. The second kappa shape index (κ2) is 5.12. The van der Waals surface area contributed by atoms with Gasteiger partial charge in [-0.15, -0.1) is 5.11 Å². The van der Waals surface area contributed by atoms with Gasteiger partial charge in [0.25, 0.3) is 0 Å². The monoisotopic (exact) mass is 420 g/mol. The van der Waals surface area contributed by atoms with Gasteiger partial charge >= 0.3 is 0 Å². The molecule has 1 aromatic rings. The van der Waals surface area contributed by atoms with Gasteiger partial charge in [-0.1, -0.05) is 46.3 Å². The summed E-state index contributed by atoms with van der Waals surface area (Å²) >= 11 is 10.1. The SMILES string of the molecule is O=C(CC1(Br)N=NC(Br)=C1Br)c1ccccc1. The van der Waals surface area contributed by atoms with Gasteiger partial charge in [-0.25, -0.2) is 0 Å². The van der Waals surface area contributed by atoms with E-state index in [9.17, 15) is 4.79 Å². The van der Waals surface area contributed by atoms with Gasteiger partial charge in [0.15, 0.2) is 10.2 Å². The maximum absolute atomic E-state index is 12.1. The van der Waals surface area contributed by atoms with Crippen LogP contribution in [0.1, 0.15) is 16.8 Å². The summed E-state index contributed by atoms with van der Waals surface area (Å²) in [4.78, 5) is 12.1.